The number of carbonyl (C=O) groups is 2. The van der Waals surface area contributed by atoms with Crippen LogP contribution in [0.4, 0.5) is 15.9 Å². The molecule has 0 unspecified atom stereocenters. The van der Waals surface area contributed by atoms with Gasteiger partial charge in [-0.1, -0.05) is 17.7 Å². The minimum absolute atomic E-state index is 0.0151. The number of amides is 2. The van der Waals surface area contributed by atoms with Crippen molar-refractivity contribution in [3.8, 4) is 17.3 Å². The minimum Gasteiger partial charge on any atom is -0.382 e. The summed E-state index contributed by atoms with van der Waals surface area (Å²) >= 11 is 6.15. The molecule has 1 fully saturated rings. The normalized spacial score (nSPS) is 15.8. The van der Waals surface area contributed by atoms with Crippen LogP contribution in [0.1, 0.15) is 26.3 Å². The zero-order valence-corrected chi connectivity index (χ0v) is 18.3. The molecule has 0 bridgehead atoms. The molecule has 2 aromatic heterocycles. The van der Waals surface area contributed by atoms with Crippen molar-refractivity contribution in [1.29, 1.82) is 5.26 Å². The molecule has 1 aliphatic heterocycles. The Bertz CT molecular complexity index is 1330. The second-order valence-corrected chi connectivity index (χ2v) is 8.29. The van der Waals surface area contributed by atoms with Gasteiger partial charge < -0.3 is 15.5 Å². The molecule has 0 aliphatic carbocycles. The number of fused-ring (bicyclic) bond motifs is 1. The number of hydrogen-bond donors (Lipinski definition) is 1. The molecule has 11 heteroatoms. The maximum absolute atomic E-state index is 15.1. The molecule has 0 radical (unpaired) electrons. The van der Waals surface area contributed by atoms with Crippen molar-refractivity contribution in [2.45, 2.75) is 26.3 Å². The van der Waals surface area contributed by atoms with Gasteiger partial charge in [-0.15, -0.1) is 0 Å². The van der Waals surface area contributed by atoms with Crippen LogP contribution in [0.2, 0.25) is 5.02 Å². The van der Waals surface area contributed by atoms with E-state index in [9.17, 15) is 14.9 Å². The van der Waals surface area contributed by atoms with E-state index < -0.39 is 11.4 Å². The molecule has 32 heavy (non-hydrogen) atoms. The van der Waals surface area contributed by atoms with Crippen molar-refractivity contribution < 1.29 is 14.0 Å². The number of benzene rings is 1. The van der Waals surface area contributed by atoms with Gasteiger partial charge in [0.1, 0.15) is 34.2 Å². The molecule has 0 atom stereocenters. The Kier molecular flexibility index (Phi) is 5.02. The number of rotatable bonds is 2. The predicted octanol–water partition coefficient (Wildman–Crippen LogP) is 2.62. The monoisotopic (exact) mass is 455 g/mol. The van der Waals surface area contributed by atoms with E-state index in [2.05, 4.69) is 16.2 Å². The third-order valence-electron chi connectivity index (χ3n) is 5.69. The Morgan fingerprint density at radius 3 is 2.72 bits per heavy atom. The molecule has 3 aromatic rings. The smallest absolute Gasteiger partial charge is 0.252 e. The molecule has 1 saturated heterocycles. The van der Waals surface area contributed by atoms with Crippen LogP contribution >= 0.6 is 11.6 Å². The first kappa shape index (κ1) is 21.5. The average Bonchev–Trinajstić information content (AvgIpc) is 3.00. The van der Waals surface area contributed by atoms with E-state index in [1.54, 1.807) is 19.9 Å². The lowest BCUT2D eigenvalue weighted by Gasteiger charge is -2.45. The molecular weight excluding hydrogens is 437 g/mol. The van der Waals surface area contributed by atoms with Crippen molar-refractivity contribution in [3.05, 3.63) is 40.9 Å². The number of halogens is 2. The van der Waals surface area contributed by atoms with E-state index in [4.69, 9.17) is 17.3 Å². The van der Waals surface area contributed by atoms with Gasteiger partial charge in [-0.05, 0) is 26.0 Å². The minimum atomic E-state index is -1.11. The van der Waals surface area contributed by atoms with Gasteiger partial charge in [0.25, 0.3) is 5.91 Å². The topological polar surface area (TPSA) is 121 Å². The largest absolute Gasteiger partial charge is 0.382 e. The fourth-order valence-electron chi connectivity index (χ4n) is 4.10. The van der Waals surface area contributed by atoms with Crippen LogP contribution in [0.5, 0.6) is 0 Å². The van der Waals surface area contributed by atoms with Gasteiger partial charge >= 0.3 is 0 Å². The number of nitrogens with zero attached hydrogens (tertiary/aromatic N) is 6. The van der Waals surface area contributed by atoms with Crippen molar-refractivity contribution >= 4 is 40.4 Å². The van der Waals surface area contributed by atoms with E-state index in [0.29, 0.717) is 17.8 Å². The van der Waals surface area contributed by atoms with E-state index in [1.165, 1.54) is 39.7 Å². The lowest BCUT2D eigenvalue weighted by molar-refractivity contribution is -0.145. The number of piperazine rings is 1. The summed E-state index contributed by atoms with van der Waals surface area (Å²) in [7, 11) is 0. The molecule has 0 saturated carbocycles. The number of nitrogen functional groups attached to an aromatic ring is 1. The maximum atomic E-state index is 15.1. The third kappa shape index (κ3) is 3.05. The van der Waals surface area contributed by atoms with E-state index in [0.717, 1.165) is 0 Å². The zero-order chi connectivity index (χ0) is 23.4. The standard InChI is InChI=1S/C21H19ClFN7O2/c1-11(31)29-7-6-28(20(32)21(29,2)3)14-8-12(4-5-13(14)9-24)17-16(23)15(22)18-19(25)26-10-27-30(17)18/h4-5,8,10H,6-7H2,1-3H3,(H2,25,26,27). The third-order valence-corrected chi connectivity index (χ3v) is 6.04. The summed E-state index contributed by atoms with van der Waals surface area (Å²) < 4.78 is 16.4. The highest BCUT2D eigenvalue weighted by atomic mass is 35.5. The molecule has 4 rings (SSSR count). The Labute approximate surface area is 187 Å². The van der Waals surface area contributed by atoms with Crippen LogP contribution in [0.25, 0.3) is 16.8 Å². The molecule has 0 spiro atoms. The molecule has 164 valence electrons. The second-order valence-electron chi connectivity index (χ2n) is 7.91. The quantitative estimate of drug-likeness (QED) is 0.634. The number of aromatic nitrogens is 3. The van der Waals surface area contributed by atoms with E-state index in [-0.39, 0.29) is 46.0 Å². The van der Waals surface area contributed by atoms with E-state index >= 15 is 4.39 Å². The van der Waals surface area contributed by atoms with Crippen LogP contribution < -0.4 is 10.6 Å². The number of hydrogen-bond acceptors (Lipinski definition) is 6. The Morgan fingerprint density at radius 1 is 1.34 bits per heavy atom. The zero-order valence-electron chi connectivity index (χ0n) is 17.6. The number of carbonyl (C=O) groups excluding carboxylic acids is 2. The Morgan fingerprint density at radius 2 is 2.06 bits per heavy atom. The fraction of sp³-hybridized carbons (Fsp3) is 0.286. The highest BCUT2D eigenvalue weighted by Crippen LogP contribution is 2.38. The van der Waals surface area contributed by atoms with Gasteiger partial charge in [-0.3, -0.25) is 9.59 Å². The lowest BCUT2D eigenvalue weighted by atomic mass is 9.95. The fourth-order valence-corrected chi connectivity index (χ4v) is 4.36. The van der Waals surface area contributed by atoms with Crippen LogP contribution in [0.15, 0.2) is 24.5 Å². The number of anilines is 2. The molecule has 1 aromatic carbocycles. The van der Waals surface area contributed by atoms with Gasteiger partial charge in [-0.25, -0.2) is 13.9 Å². The summed E-state index contributed by atoms with van der Waals surface area (Å²) in [4.78, 5) is 32.1. The summed E-state index contributed by atoms with van der Waals surface area (Å²) in [5.41, 5.74) is 5.77. The van der Waals surface area contributed by atoms with Gasteiger partial charge in [0.15, 0.2) is 11.6 Å². The first-order chi connectivity index (χ1) is 15.1. The Hall–Kier alpha value is -3.71. The van der Waals surface area contributed by atoms with Crippen LogP contribution in [-0.2, 0) is 9.59 Å². The average molecular weight is 456 g/mol. The summed E-state index contributed by atoms with van der Waals surface area (Å²) in [5.74, 6) is -1.30. The van der Waals surface area contributed by atoms with Gasteiger partial charge in [0, 0.05) is 25.6 Å². The van der Waals surface area contributed by atoms with Crippen LogP contribution in [-0.4, -0.2) is 49.9 Å². The molecule has 2 N–H and O–H groups in total. The molecule has 1 aliphatic rings. The van der Waals surface area contributed by atoms with Crippen LogP contribution in [0, 0.1) is 17.1 Å². The maximum Gasteiger partial charge on any atom is 0.252 e. The highest BCUT2D eigenvalue weighted by molar-refractivity contribution is 6.35. The molecule has 9 nitrogen and oxygen atoms in total. The summed E-state index contributed by atoms with van der Waals surface area (Å²) in [6, 6.07) is 6.65. The van der Waals surface area contributed by atoms with Gasteiger partial charge in [-0.2, -0.15) is 10.4 Å². The van der Waals surface area contributed by atoms with Crippen molar-refractivity contribution in [2.24, 2.45) is 0 Å². The van der Waals surface area contributed by atoms with Crippen LogP contribution in [0.3, 0.4) is 0 Å². The van der Waals surface area contributed by atoms with Crippen molar-refractivity contribution in [3.63, 3.8) is 0 Å². The second kappa shape index (κ2) is 7.46. The first-order valence-electron chi connectivity index (χ1n) is 9.70. The van der Waals surface area contributed by atoms with Crippen molar-refractivity contribution in [1.82, 2.24) is 19.5 Å². The predicted molar refractivity (Wildman–Crippen MR) is 116 cm³/mol. The molecular formula is C21H19ClFN7O2. The number of nitriles is 1. The summed E-state index contributed by atoms with van der Waals surface area (Å²) in [5, 5.41) is 13.5. The molecule has 3 heterocycles. The molecule has 2 amide bonds. The Balaban J connectivity index is 1.88. The summed E-state index contributed by atoms with van der Waals surface area (Å²) in [6.07, 6.45) is 1.18. The summed E-state index contributed by atoms with van der Waals surface area (Å²) in [6.45, 7) is 5.19. The SMILES string of the molecule is CC(=O)N1CCN(c2cc(-c3c(F)c(Cl)c4c(N)ncnn34)ccc2C#N)C(=O)C1(C)C. The number of nitrogens with two attached hydrogens (primary N) is 1. The van der Waals surface area contributed by atoms with E-state index in [1.807, 2.05) is 0 Å². The lowest BCUT2D eigenvalue weighted by Crippen LogP contribution is -2.64. The highest BCUT2D eigenvalue weighted by Gasteiger charge is 2.44. The van der Waals surface area contributed by atoms with Gasteiger partial charge in [0.2, 0.25) is 5.91 Å². The first-order valence-corrected chi connectivity index (χ1v) is 10.1. The van der Waals surface area contributed by atoms with Crippen molar-refractivity contribution in [2.75, 3.05) is 23.7 Å². The van der Waals surface area contributed by atoms with Gasteiger partial charge in [0.05, 0.1) is 11.3 Å².